The van der Waals surface area contributed by atoms with E-state index in [9.17, 15) is 14.0 Å². The second-order valence-corrected chi connectivity index (χ2v) is 5.55. The van der Waals surface area contributed by atoms with E-state index in [4.69, 9.17) is 4.74 Å². The smallest absolute Gasteiger partial charge is 0.409 e. The van der Waals surface area contributed by atoms with E-state index in [1.54, 1.807) is 22.8 Å². The molecule has 0 spiro atoms. The van der Waals surface area contributed by atoms with Crippen molar-refractivity contribution in [2.75, 3.05) is 32.8 Å². The van der Waals surface area contributed by atoms with Crippen molar-refractivity contribution in [1.29, 1.82) is 0 Å². The van der Waals surface area contributed by atoms with Crippen LogP contribution in [-0.2, 0) is 4.74 Å². The number of hydrogen-bond donors (Lipinski definition) is 0. The van der Waals surface area contributed by atoms with E-state index < -0.39 is 5.82 Å². The van der Waals surface area contributed by atoms with Crippen LogP contribution >= 0.6 is 15.9 Å². The van der Waals surface area contributed by atoms with Crippen LogP contribution in [0.4, 0.5) is 9.18 Å². The minimum atomic E-state index is -0.460. The van der Waals surface area contributed by atoms with Crippen molar-refractivity contribution in [1.82, 2.24) is 9.80 Å². The van der Waals surface area contributed by atoms with Gasteiger partial charge in [-0.15, -0.1) is 0 Å². The quantitative estimate of drug-likeness (QED) is 0.815. The molecule has 0 aliphatic carbocycles. The largest absolute Gasteiger partial charge is 0.450 e. The summed E-state index contributed by atoms with van der Waals surface area (Å²) in [4.78, 5) is 27.1. The topological polar surface area (TPSA) is 49.9 Å². The molecule has 1 fully saturated rings. The first kappa shape index (κ1) is 15.8. The van der Waals surface area contributed by atoms with Crippen molar-refractivity contribution in [3.05, 3.63) is 34.1 Å². The number of nitrogens with zero attached hydrogens (tertiary/aromatic N) is 2. The Morgan fingerprint density at radius 1 is 1.19 bits per heavy atom. The molecule has 0 radical (unpaired) electrons. The Labute approximate surface area is 130 Å². The summed E-state index contributed by atoms with van der Waals surface area (Å²) < 4.78 is 18.8. The second-order valence-electron chi connectivity index (χ2n) is 4.64. The van der Waals surface area contributed by atoms with E-state index in [0.717, 1.165) is 0 Å². The van der Waals surface area contributed by atoms with Crippen molar-refractivity contribution in [3.8, 4) is 0 Å². The van der Waals surface area contributed by atoms with Crippen molar-refractivity contribution in [3.63, 3.8) is 0 Å². The summed E-state index contributed by atoms with van der Waals surface area (Å²) >= 11 is 3.17. The number of benzene rings is 1. The third kappa shape index (κ3) is 3.93. The van der Waals surface area contributed by atoms with Gasteiger partial charge in [-0.2, -0.15) is 0 Å². The number of hydrogen-bond acceptors (Lipinski definition) is 3. The molecular weight excluding hydrogens is 343 g/mol. The SMILES string of the molecule is CCOC(=O)N1CCN(C(=O)c2cc(F)cc(Br)c2)CC1. The Kier molecular flexibility index (Phi) is 5.17. The fourth-order valence-electron chi connectivity index (χ4n) is 2.17. The zero-order valence-corrected chi connectivity index (χ0v) is 13.2. The zero-order valence-electron chi connectivity index (χ0n) is 11.6. The maximum absolute atomic E-state index is 13.3. The van der Waals surface area contributed by atoms with Gasteiger partial charge in [-0.25, -0.2) is 9.18 Å². The zero-order chi connectivity index (χ0) is 15.4. The summed E-state index contributed by atoms with van der Waals surface area (Å²) in [6.45, 7) is 3.73. The van der Waals surface area contributed by atoms with E-state index >= 15 is 0 Å². The Bertz CT molecular complexity index is 525. The van der Waals surface area contributed by atoms with Crippen LogP contribution in [0.3, 0.4) is 0 Å². The molecule has 0 aromatic heterocycles. The molecule has 0 N–H and O–H groups in total. The predicted molar refractivity (Wildman–Crippen MR) is 78.6 cm³/mol. The number of halogens is 2. The van der Waals surface area contributed by atoms with Gasteiger partial charge in [-0.1, -0.05) is 15.9 Å². The molecule has 114 valence electrons. The number of carbonyl (C=O) groups is 2. The molecule has 1 saturated heterocycles. The Morgan fingerprint density at radius 3 is 2.38 bits per heavy atom. The number of ether oxygens (including phenoxy) is 1. The molecule has 1 aliphatic heterocycles. The van der Waals surface area contributed by atoms with Gasteiger partial charge < -0.3 is 14.5 Å². The van der Waals surface area contributed by atoms with E-state index in [0.29, 0.717) is 42.8 Å². The van der Waals surface area contributed by atoms with Crippen LogP contribution in [0.1, 0.15) is 17.3 Å². The van der Waals surface area contributed by atoms with Gasteiger partial charge in [-0.05, 0) is 25.1 Å². The van der Waals surface area contributed by atoms with Gasteiger partial charge in [0.1, 0.15) is 5.82 Å². The molecule has 1 aromatic rings. The lowest BCUT2D eigenvalue weighted by Gasteiger charge is -2.34. The number of carbonyl (C=O) groups excluding carboxylic acids is 2. The molecule has 2 amide bonds. The van der Waals surface area contributed by atoms with E-state index in [2.05, 4.69) is 15.9 Å². The molecule has 1 heterocycles. The summed E-state index contributed by atoms with van der Waals surface area (Å²) in [5, 5.41) is 0. The molecule has 0 atom stereocenters. The molecule has 0 bridgehead atoms. The molecule has 1 aromatic carbocycles. The third-order valence-electron chi connectivity index (χ3n) is 3.20. The van der Waals surface area contributed by atoms with Gasteiger partial charge in [0.25, 0.3) is 5.91 Å². The fourth-order valence-corrected chi connectivity index (χ4v) is 2.63. The number of rotatable bonds is 2. The van der Waals surface area contributed by atoms with Crippen LogP contribution in [0.25, 0.3) is 0 Å². The fraction of sp³-hybridized carbons (Fsp3) is 0.429. The normalized spacial score (nSPS) is 15.0. The molecule has 21 heavy (non-hydrogen) atoms. The molecule has 0 unspecified atom stereocenters. The summed E-state index contributed by atoms with van der Waals surface area (Å²) in [5.41, 5.74) is 0.298. The molecule has 1 aliphatic rings. The summed E-state index contributed by atoms with van der Waals surface area (Å²) in [6.07, 6.45) is -0.363. The van der Waals surface area contributed by atoms with Gasteiger partial charge in [-0.3, -0.25) is 4.79 Å². The Hall–Kier alpha value is -1.63. The van der Waals surface area contributed by atoms with Gasteiger partial charge >= 0.3 is 6.09 Å². The molecule has 5 nitrogen and oxygen atoms in total. The van der Waals surface area contributed by atoms with Gasteiger partial charge in [0.2, 0.25) is 0 Å². The first-order valence-corrected chi connectivity index (χ1v) is 7.47. The van der Waals surface area contributed by atoms with E-state index in [1.165, 1.54) is 12.1 Å². The summed E-state index contributed by atoms with van der Waals surface area (Å²) in [6, 6.07) is 4.10. The Balaban J connectivity index is 1.98. The highest BCUT2D eigenvalue weighted by Crippen LogP contribution is 2.17. The first-order chi connectivity index (χ1) is 10.0. The van der Waals surface area contributed by atoms with E-state index in [-0.39, 0.29) is 12.0 Å². The highest BCUT2D eigenvalue weighted by Gasteiger charge is 2.25. The van der Waals surface area contributed by atoms with Gasteiger partial charge in [0.15, 0.2) is 0 Å². The first-order valence-electron chi connectivity index (χ1n) is 6.68. The molecule has 7 heteroatoms. The van der Waals surface area contributed by atoms with Crippen LogP contribution in [0, 0.1) is 5.82 Å². The highest BCUT2D eigenvalue weighted by atomic mass is 79.9. The van der Waals surface area contributed by atoms with Crippen LogP contribution in [0.5, 0.6) is 0 Å². The number of piperazine rings is 1. The highest BCUT2D eigenvalue weighted by molar-refractivity contribution is 9.10. The molecule has 2 rings (SSSR count). The average Bonchev–Trinajstić information content (AvgIpc) is 2.46. The van der Waals surface area contributed by atoms with Gasteiger partial charge in [0, 0.05) is 36.2 Å². The van der Waals surface area contributed by atoms with Crippen LogP contribution in [-0.4, -0.2) is 54.6 Å². The lowest BCUT2D eigenvalue weighted by molar-refractivity contribution is 0.0570. The summed E-state index contributed by atoms with van der Waals surface area (Å²) in [7, 11) is 0. The maximum atomic E-state index is 13.3. The van der Waals surface area contributed by atoms with Crippen LogP contribution < -0.4 is 0 Å². The third-order valence-corrected chi connectivity index (χ3v) is 3.66. The minimum Gasteiger partial charge on any atom is -0.450 e. The Morgan fingerprint density at radius 2 is 1.81 bits per heavy atom. The number of amides is 2. The van der Waals surface area contributed by atoms with Crippen molar-refractivity contribution in [2.45, 2.75) is 6.92 Å². The lowest BCUT2D eigenvalue weighted by Crippen LogP contribution is -2.50. The average molecular weight is 359 g/mol. The standard InChI is InChI=1S/C14H16BrFN2O3/c1-2-21-14(20)18-5-3-17(4-6-18)13(19)10-7-11(15)9-12(16)8-10/h7-9H,2-6H2,1H3. The van der Waals surface area contributed by atoms with Crippen molar-refractivity contribution >= 4 is 27.9 Å². The summed E-state index contributed by atoms with van der Waals surface area (Å²) in [5.74, 6) is -0.698. The lowest BCUT2D eigenvalue weighted by atomic mass is 10.2. The molecular formula is C14H16BrFN2O3. The van der Waals surface area contributed by atoms with Crippen LogP contribution in [0.2, 0.25) is 0 Å². The van der Waals surface area contributed by atoms with Crippen molar-refractivity contribution in [2.24, 2.45) is 0 Å². The van der Waals surface area contributed by atoms with Crippen LogP contribution in [0.15, 0.2) is 22.7 Å². The monoisotopic (exact) mass is 358 g/mol. The predicted octanol–water partition coefficient (Wildman–Crippen LogP) is 2.50. The van der Waals surface area contributed by atoms with Gasteiger partial charge in [0.05, 0.1) is 6.61 Å². The maximum Gasteiger partial charge on any atom is 0.409 e. The second kappa shape index (κ2) is 6.89. The molecule has 0 saturated carbocycles. The van der Waals surface area contributed by atoms with E-state index in [1.807, 2.05) is 0 Å². The van der Waals surface area contributed by atoms with Crippen molar-refractivity contribution < 1.29 is 18.7 Å². The minimum absolute atomic E-state index is 0.237.